The Kier molecular flexibility index (Phi) is 2.81. The summed E-state index contributed by atoms with van der Waals surface area (Å²) in [5, 5.41) is 0. The monoisotopic (exact) mass is 196 g/mol. The fourth-order valence-corrected chi connectivity index (χ4v) is 1.76. The molecule has 1 aliphatic rings. The number of rotatable bonds is 3. The van der Waals surface area contributed by atoms with Gasteiger partial charge in [0.25, 0.3) is 0 Å². The molecular formula is C9H16N4O. The highest BCUT2D eigenvalue weighted by molar-refractivity contribution is 5.07. The molecule has 1 aliphatic heterocycles. The Morgan fingerprint density at radius 3 is 3.21 bits per heavy atom. The van der Waals surface area contributed by atoms with Crippen molar-refractivity contribution < 1.29 is 4.84 Å². The fourth-order valence-electron chi connectivity index (χ4n) is 1.76. The molecule has 0 aromatic carbocycles. The second-order valence-electron chi connectivity index (χ2n) is 3.58. The predicted octanol–water partition coefficient (Wildman–Crippen LogP) is -0.0205. The summed E-state index contributed by atoms with van der Waals surface area (Å²) in [5.74, 6) is 1.05. The molecule has 2 rings (SSSR count). The van der Waals surface area contributed by atoms with Crippen LogP contribution in [0.5, 0.6) is 0 Å². The molecule has 0 fully saturated rings. The van der Waals surface area contributed by atoms with Gasteiger partial charge in [-0.05, 0) is 7.05 Å². The van der Waals surface area contributed by atoms with Gasteiger partial charge in [0.15, 0.2) is 0 Å². The molecular weight excluding hydrogens is 180 g/mol. The maximum absolute atomic E-state index is 4.81. The molecule has 0 atom stereocenters. The second-order valence-corrected chi connectivity index (χ2v) is 3.58. The highest BCUT2D eigenvalue weighted by Gasteiger charge is 2.16. The third-order valence-corrected chi connectivity index (χ3v) is 2.53. The highest BCUT2D eigenvalue weighted by Crippen LogP contribution is 2.12. The van der Waals surface area contributed by atoms with Gasteiger partial charge in [-0.25, -0.2) is 4.98 Å². The van der Waals surface area contributed by atoms with Crippen LogP contribution in [0, 0.1) is 0 Å². The van der Waals surface area contributed by atoms with E-state index in [9.17, 15) is 0 Å². The lowest BCUT2D eigenvalue weighted by atomic mass is 10.3. The normalized spacial score (nSPS) is 17.0. The average molecular weight is 196 g/mol. The van der Waals surface area contributed by atoms with E-state index in [4.69, 9.17) is 4.84 Å². The summed E-state index contributed by atoms with van der Waals surface area (Å²) in [4.78, 5) is 11.5. The van der Waals surface area contributed by atoms with Gasteiger partial charge in [-0.1, -0.05) is 0 Å². The Hall–Kier alpha value is -0.910. The van der Waals surface area contributed by atoms with Crippen molar-refractivity contribution in [1.29, 1.82) is 0 Å². The van der Waals surface area contributed by atoms with Crippen LogP contribution in [0.4, 0.5) is 0 Å². The van der Waals surface area contributed by atoms with Crippen molar-refractivity contribution in [2.75, 3.05) is 20.7 Å². The zero-order chi connectivity index (χ0) is 9.97. The number of fused-ring (bicyclic) bond motifs is 1. The summed E-state index contributed by atoms with van der Waals surface area (Å²) in [6.07, 6.45) is 1.95. The Morgan fingerprint density at radius 1 is 1.57 bits per heavy atom. The molecule has 0 spiro atoms. The van der Waals surface area contributed by atoms with Crippen LogP contribution >= 0.6 is 0 Å². The molecule has 0 unspecified atom stereocenters. The van der Waals surface area contributed by atoms with Crippen molar-refractivity contribution in [3.8, 4) is 0 Å². The van der Waals surface area contributed by atoms with E-state index in [1.165, 1.54) is 5.69 Å². The quantitative estimate of drug-likeness (QED) is 0.690. The van der Waals surface area contributed by atoms with Gasteiger partial charge in [-0.15, -0.1) is 0 Å². The van der Waals surface area contributed by atoms with Crippen LogP contribution < -0.4 is 5.48 Å². The van der Waals surface area contributed by atoms with Crippen molar-refractivity contribution in [3.05, 3.63) is 17.7 Å². The molecule has 0 saturated heterocycles. The zero-order valence-corrected chi connectivity index (χ0v) is 8.66. The number of likely N-dealkylation sites (N-methyl/N-ethyl adjacent to an activating group) is 1. The summed E-state index contributed by atoms with van der Waals surface area (Å²) >= 11 is 0. The van der Waals surface area contributed by atoms with Gasteiger partial charge in [-0.2, -0.15) is 5.48 Å². The Labute approximate surface area is 83.6 Å². The van der Waals surface area contributed by atoms with Crippen LogP contribution in [0.3, 0.4) is 0 Å². The van der Waals surface area contributed by atoms with Gasteiger partial charge >= 0.3 is 0 Å². The summed E-state index contributed by atoms with van der Waals surface area (Å²) in [7, 11) is 3.75. The van der Waals surface area contributed by atoms with Crippen LogP contribution in [-0.4, -0.2) is 35.2 Å². The van der Waals surface area contributed by atoms with Gasteiger partial charge in [0.2, 0.25) is 0 Å². The number of hydroxylamine groups is 1. The standard InChI is InChI=1S/C9H16N4O/c1-12-3-4-13-8(7-12)5-10-9(13)6-11-14-2/h5,11H,3-4,6-7H2,1-2H3. The first-order valence-corrected chi connectivity index (χ1v) is 4.79. The highest BCUT2D eigenvalue weighted by atomic mass is 16.6. The molecule has 1 aromatic heterocycles. The van der Waals surface area contributed by atoms with Gasteiger partial charge in [0.1, 0.15) is 5.82 Å². The van der Waals surface area contributed by atoms with Crippen LogP contribution in [-0.2, 0) is 24.5 Å². The topological polar surface area (TPSA) is 42.3 Å². The molecule has 78 valence electrons. The van der Waals surface area contributed by atoms with Gasteiger partial charge in [0, 0.05) is 25.8 Å². The van der Waals surface area contributed by atoms with Crippen LogP contribution in [0.25, 0.3) is 0 Å². The molecule has 14 heavy (non-hydrogen) atoms. The maximum Gasteiger partial charge on any atom is 0.125 e. The third-order valence-electron chi connectivity index (χ3n) is 2.53. The van der Waals surface area contributed by atoms with Crippen molar-refractivity contribution in [2.45, 2.75) is 19.6 Å². The van der Waals surface area contributed by atoms with E-state index in [1.807, 2.05) is 6.20 Å². The third kappa shape index (κ3) is 1.79. The van der Waals surface area contributed by atoms with Crippen molar-refractivity contribution >= 4 is 0 Å². The lowest BCUT2D eigenvalue weighted by Crippen LogP contribution is -2.31. The largest absolute Gasteiger partial charge is 0.328 e. The van der Waals surface area contributed by atoms with Crippen LogP contribution in [0.15, 0.2) is 6.20 Å². The van der Waals surface area contributed by atoms with E-state index in [-0.39, 0.29) is 0 Å². The van der Waals surface area contributed by atoms with Crippen LogP contribution in [0.1, 0.15) is 11.5 Å². The number of nitrogens with zero attached hydrogens (tertiary/aromatic N) is 3. The smallest absolute Gasteiger partial charge is 0.125 e. The Bertz CT molecular complexity index is 310. The molecule has 2 heterocycles. The first-order valence-electron chi connectivity index (χ1n) is 4.79. The number of hydrogen-bond donors (Lipinski definition) is 1. The SMILES string of the molecule is CONCc1ncc2n1CCN(C)C2. The second kappa shape index (κ2) is 4.08. The zero-order valence-electron chi connectivity index (χ0n) is 8.66. The first-order chi connectivity index (χ1) is 6.81. The molecule has 0 radical (unpaired) electrons. The summed E-state index contributed by atoms with van der Waals surface area (Å²) in [6.45, 7) is 3.76. The molecule has 1 N–H and O–H groups in total. The van der Waals surface area contributed by atoms with Gasteiger partial charge < -0.3 is 9.40 Å². The predicted molar refractivity (Wildman–Crippen MR) is 52.4 cm³/mol. The molecule has 0 bridgehead atoms. The fraction of sp³-hybridized carbons (Fsp3) is 0.667. The lowest BCUT2D eigenvalue weighted by molar-refractivity contribution is 0.0835. The minimum atomic E-state index is 0.667. The van der Waals surface area contributed by atoms with Gasteiger partial charge in [0.05, 0.1) is 19.3 Å². The van der Waals surface area contributed by atoms with Crippen molar-refractivity contribution in [3.63, 3.8) is 0 Å². The van der Waals surface area contributed by atoms with E-state index in [2.05, 4.69) is 27.0 Å². The molecule has 0 amide bonds. The van der Waals surface area contributed by atoms with E-state index < -0.39 is 0 Å². The van der Waals surface area contributed by atoms with Crippen molar-refractivity contribution in [1.82, 2.24) is 19.9 Å². The Balaban J connectivity index is 2.12. The van der Waals surface area contributed by atoms with Gasteiger partial charge in [-0.3, -0.25) is 4.90 Å². The van der Waals surface area contributed by atoms with E-state index >= 15 is 0 Å². The summed E-state index contributed by atoms with van der Waals surface area (Å²) in [5.41, 5.74) is 4.10. The minimum Gasteiger partial charge on any atom is -0.328 e. The molecule has 5 nitrogen and oxygen atoms in total. The molecule has 0 aliphatic carbocycles. The maximum atomic E-state index is 4.81. The number of hydrogen-bond acceptors (Lipinski definition) is 4. The first kappa shape index (κ1) is 9.64. The van der Waals surface area contributed by atoms with Crippen LogP contribution in [0.2, 0.25) is 0 Å². The lowest BCUT2D eigenvalue weighted by Gasteiger charge is -2.25. The number of nitrogens with one attached hydrogen (secondary N) is 1. The van der Waals surface area contributed by atoms with E-state index in [1.54, 1.807) is 7.11 Å². The minimum absolute atomic E-state index is 0.667. The Morgan fingerprint density at radius 2 is 2.43 bits per heavy atom. The molecule has 0 saturated carbocycles. The van der Waals surface area contributed by atoms with E-state index in [0.29, 0.717) is 6.54 Å². The van der Waals surface area contributed by atoms with E-state index in [0.717, 1.165) is 25.5 Å². The average Bonchev–Trinajstić information content (AvgIpc) is 2.57. The number of aromatic nitrogens is 2. The summed E-state index contributed by atoms with van der Waals surface area (Å²) in [6, 6.07) is 0. The molecule has 1 aromatic rings. The van der Waals surface area contributed by atoms with Crippen molar-refractivity contribution in [2.24, 2.45) is 0 Å². The summed E-state index contributed by atoms with van der Waals surface area (Å²) < 4.78 is 2.26. The number of imidazole rings is 1. The molecule has 5 heteroatoms.